The lowest BCUT2D eigenvalue weighted by Gasteiger charge is -2.07. The lowest BCUT2D eigenvalue weighted by atomic mass is 10.2. The molecule has 0 bridgehead atoms. The lowest BCUT2D eigenvalue weighted by Crippen LogP contribution is -2.23. The van der Waals surface area contributed by atoms with Gasteiger partial charge in [0.2, 0.25) is 5.89 Å². The van der Waals surface area contributed by atoms with E-state index in [-0.39, 0.29) is 10.6 Å². The molecule has 1 heterocycles. The summed E-state index contributed by atoms with van der Waals surface area (Å²) in [5.74, 6) is 0.568. The molecule has 9 heteroatoms. The third kappa shape index (κ3) is 4.49. The number of phenolic OH excluding ortho intramolecular Hbond substituents is 1. The molecule has 0 amide bonds. The second kappa shape index (κ2) is 7.69. The molecule has 0 aliphatic rings. The van der Waals surface area contributed by atoms with E-state index in [0.29, 0.717) is 16.6 Å². The Morgan fingerprint density at radius 2 is 1.96 bits per heavy atom. The molecule has 0 aliphatic heterocycles. The van der Waals surface area contributed by atoms with Crippen LogP contribution in [0.5, 0.6) is 5.75 Å². The number of hydrazone groups is 1. The van der Waals surface area contributed by atoms with Crippen molar-refractivity contribution in [2.45, 2.75) is 0 Å². The molecule has 3 rings (SSSR count). The second-order valence-electron chi connectivity index (χ2n) is 4.88. The van der Waals surface area contributed by atoms with Crippen LogP contribution in [0.25, 0.3) is 11.5 Å². The molecule has 3 aromatic rings. The van der Waals surface area contributed by atoms with Gasteiger partial charge < -0.3 is 14.8 Å². The summed E-state index contributed by atoms with van der Waals surface area (Å²) < 4.78 is 5.25. The zero-order valence-electron chi connectivity index (χ0n) is 12.8. The summed E-state index contributed by atoms with van der Waals surface area (Å²) in [6.07, 6.45) is 1.48. The third-order valence-corrected chi connectivity index (χ3v) is 3.50. The molecule has 0 aliphatic carbocycles. The maximum absolute atomic E-state index is 9.64. The minimum Gasteiger partial charge on any atom is -0.507 e. The van der Waals surface area contributed by atoms with Crippen molar-refractivity contribution in [3.63, 3.8) is 0 Å². The smallest absolute Gasteiger partial charge is 0.284 e. The van der Waals surface area contributed by atoms with Crippen LogP contribution in [0.15, 0.2) is 58.0 Å². The van der Waals surface area contributed by atoms with Crippen molar-refractivity contribution in [3.05, 3.63) is 58.9 Å². The minimum absolute atomic E-state index is 0.147. The monoisotopic (exact) mass is 371 g/mol. The van der Waals surface area contributed by atoms with E-state index in [1.807, 2.05) is 24.3 Å². The highest BCUT2D eigenvalue weighted by Gasteiger charge is 2.04. The van der Waals surface area contributed by atoms with Gasteiger partial charge in [0.05, 0.1) is 6.21 Å². The molecule has 0 saturated heterocycles. The number of aromatic nitrogens is 2. The number of nitrogens with one attached hydrogen (secondary N) is 3. The fourth-order valence-corrected chi connectivity index (χ4v) is 2.26. The van der Waals surface area contributed by atoms with Crippen LogP contribution in [0.4, 0.5) is 5.69 Å². The molecule has 0 unspecified atom stereocenters. The van der Waals surface area contributed by atoms with Crippen LogP contribution in [0.1, 0.15) is 5.56 Å². The summed E-state index contributed by atoms with van der Waals surface area (Å²) >= 11 is 10.0. The maximum atomic E-state index is 9.64. The minimum atomic E-state index is 0.147. The van der Waals surface area contributed by atoms with Gasteiger partial charge in [-0.3, -0.25) is 5.43 Å². The first-order valence-corrected chi connectivity index (χ1v) is 7.97. The van der Waals surface area contributed by atoms with Crippen molar-refractivity contribution in [1.29, 1.82) is 0 Å². The molecule has 0 fully saturated rings. The highest BCUT2D eigenvalue weighted by Crippen LogP contribution is 2.19. The number of para-hydroxylation sites is 1. The second-order valence-corrected chi connectivity index (χ2v) is 5.66. The van der Waals surface area contributed by atoms with Crippen LogP contribution in [0.2, 0.25) is 0 Å². The van der Waals surface area contributed by atoms with Gasteiger partial charge in [-0.1, -0.05) is 12.1 Å². The Labute approximate surface area is 153 Å². The predicted octanol–water partition coefficient (Wildman–Crippen LogP) is 3.43. The Balaban J connectivity index is 1.58. The summed E-state index contributed by atoms with van der Waals surface area (Å²) in [6, 6.07) is 14.2. The predicted molar refractivity (Wildman–Crippen MR) is 102 cm³/mol. The largest absolute Gasteiger partial charge is 0.507 e. The number of thiocarbonyl (C=S) groups is 1. The molecule has 0 radical (unpaired) electrons. The van der Waals surface area contributed by atoms with Gasteiger partial charge in [0.15, 0.2) is 5.11 Å². The van der Waals surface area contributed by atoms with Crippen LogP contribution >= 0.6 is 24.4 Å². The van der Waals surface area contributed by atoms with Crippen LogP contribution in [-0.2, 0) is 0 Å². The van der Waals surface area contributed by atoms with Crippen LogP contribution < -0.4 is 10.7 Å². The Morgan fingerprint density at radius 3 is 2.64 bits per heavy atom. The summed E-state index contributed by atoms with van der Waals surface area (Å²) in [5.41, 5.74) is 4.83. The average Bonchev–Trinajstić information content (AvgIpc) is 3.04. The Kier molecular flexibility index (Phi) is 5.17. The SMILES string of the molecule is Oc1ccccc1/C=N/NC(=S)Nc1ccc(-c2n[nH]c(=S)o2)cc1. The van der Waals surface area contributed by atoms with E-state index in [2.05, 4.69) is 26.0 Å². The van der Waals surface area contributed by atoms with E-state index in [1.165, 1.54) is 6.21 Å². The van der Waals surface area contributed by atoms with Crippen LogP contribution in [0.3, 0.4) is 0 Å². The average molecular weight is 371 g/mol. The molecule has 7 nitrogen and oxygen atoms in total. The van der Waals surface area contributed by atoms with Crippen LogP contribution in [-0.4, -0.2) is 26.6 Å². The van der Waals surface area contributed by atoms with E-state index < -0.39 is 0 Å². The third-order valence-electron chi connectivity index (χ3n) is 3.13. The van der Waals surface area contributed by atoms with Crippen molar-refractivity contribution in [2.24, 2.45) is 5.10 Å². The highest BCUT2D eigenvalue weighted by atomic mass is 32.1. The van der Waals surface area contributed by atoms with Crippen LogP contribution in [0, 0.1) is 4.84 Å². The zero-order chi connectivity index (χ0) is 17.6. The van der Waals surface area contributed by atoms with Crippen molar-refractivity contribution in [3.8, 4) is 17.2 Å². The summed E-state index contributed by atoms with van der Waals surface area (Å²) in [4.78, 5) is 0.227. The number of nitrogens with zero attached hydrogens (tertiary/aromatic N) is 2. The zero-order valence-corrected chi connectivity index (χ0v) is 14.4. The Hall–Kier alpha value is -3.04. The molecule has 4 N–H and O–H groups in total. The Bertz CT molecular complexity index is 963. The van der Waals surface area contributed by atoms with Gasteiger partial charge in [-0.05, 0) is 60.8 Å². The van der Waals surface area contributed by atoms with E-state index in [0.717, 1.165) is 11.3 Å². The fraction of sp³-hybridized carbons (Fsp3) is 0. The fourth-order valence-electron chi connectivity index (χ4n) is 1.97. The van der Waals surface area contributed by atoms with E-state index in [4.69, 9.17) is 28.9 Å². The molecule has 25 heavy (non-hydrogen) atoms. The number of aromatic amines is 1. The number of aromatic hydroxyl groups is 1. The maximum Gasteiger partial charge on any atom is 0.284 e. The van der Waals surface area contributed by atoms with Gasteiger partial charge in [-0.15, -0.1) is 5.10 Å². The first-order valence-electron chi connectivity index (χ1n) is 7.16. The normalized spacial score (nSPS) is 10.7. The van der Waals surface area contributed by atoms with Crippen molar-refractivity contribution < 1.29 is 9.52 Å². The van der Waals surface area contributed by atoms with Gasteiger partial charge in [0.25, 0.3) is 4.84 Å². The number of H-pyrrole nitrogens is 1. The van der Waals surface area contributed by atoms with Gasteiger partial charge in [-0.2, -0.15) is 5.10 Å². The topological polar surface area (TPSA) is 98.5 Å². The number of benzene rings is 2. The molecule has 126 valence electrons. The van der Waals surface area contributed by atoms with E-state index >= 15 is 0 Å². The van der Waals surface area contributed by atoms with Gasteiger partial charge in [0, 0.05) is 16.8 Å². The number of hydrogen-bond acceptors (Lipinski definition) is 6. The van der Waals surface area contributed by atoms with Gasteiger partial charge in [0.1, 0.15) is 5.75 Å². The lowest BCUT2D eigenvalue weighted by molar-refractivity contribution is 0.474. The number of anilines is 1. The molecule has 2 aromatic carbocycles. The molecule has 0 saturated carbocycles. The van der Waals surface area contributed by atoms with E-state index in [9.17, 15) is 5.11 Å². The molecular weight excluding hydrogens is 358 g/mol. The summed E-state index contributed by atoms with van der Waals surface area (Å²) in [7, 11) is 0. The van der Waals surface area contributed by atoms with Gasteiger partial charge >= 0.3 is 0 Å². The van der Waals surface area contributed by atoms with E-state index in [1.54, 1.807) is 24.3 Å². The highest BCUT2D eigenvalue weighted by molar-refractivity contribution is 7.80. The standard InChI is InChI=1S/C16H13N5O2S2/c22-13-4-2-1-3-11(13)9-17-20-15(24)18-12-7-5-10(6-8-12)14-19-21-16(25)23-14/h1-9,22H,(H,21,25)(H2,18,20,24)/b17-9+. The molecule has 0 atom stereocenters. The number of hydrogen-bond donors (Lipinski definition) is 4. The van der Waals surface area contributed by atoms with Crippen molar-refractivity contribution in [2.75, 3.05) is 5.32 Å². The summed E-state index contributed by atoms with van der Waals surface area (Å²) in [6.45, 7) is 0. The summed E-state index contributed by atoms with van der Waals surface area (Å²) in [5, 5.41) is 23.5. The van der Waals surface area contributed by atoms with Gasteiger partial charge in [-0.25, -0.2) is 5.10 Å². The molecular formula is C16H13N5O2S2. The first-order chi connectivity index (χ1) is 12.1. The first kappa shape index (κ1) is 16.8. The number of phenols is 1. The Morgan fingerprint density at radius 1 is 1.20 bits per heavy atom. The quantitative estimate of drug-likeness (QED) is 0.317. The van der Waals surface area contributed by atoms with Crippen molar-refractivity contribution >= 4 is 41.5 Å². The molecule has 1 aromatic heterocycles. The molecule has 0 spiro atoms. The number of rotatable bonds is 4. The van der Waals surface area contributed by atoms with Crippen molar-refractivity contribution in [1.82, 2.24) is 15.6 Å².